The molecule has 0 bridgehead atoms. The molecule has 0 fully saturated rings. The third-order valence-electron chi connectivity index (χ3n) is 3.84. The Hall–Kier alpha value is -2.85. The largest absolute Gasteiger partial charge is 0.452 e. The zero-order valence-electron chi connectivity index (χ0n) is 13.1. The van der Waals surface area contributed by atoms with Gasteiger partial charge in [0.2, 0.25) is 0 Å². The molecule has 0 unspecified atom stereocenters. The molecular formula is C21H13BrO3. The molecule has 1 heterocycles. The number of carbonyl (C=O) groups is 1. The Morgan fingerprint density at radius 1 is 0.880 bits per heavy atom. The zero-order chi connectivity index (χ0) is 17.2. The summed E-state index contributed by atoms with van der Waals surface area (Å²) in [5.74, 6) is 0.551. The lowest BCUT2D eigenvalue weighted by molar-refractivity contribution is 0.0736. The van der Waals surface area contributed by atoms with Crippen molar-refractivity contribution in [1.82, 2.24) is 0 Å². The van der Waals surface area contributed by atoms with Gasteiger partial charge in [-0.05, 0) is 30.3 Å². The Morgan fingerprint density at radius 3 is 2.28 bits per heavy atom. The monoisotopic (exact) mass is 392 g/mol. The van der Waals surface area contributed by atoms with Crippen LogP contribution in [0.25, 0.3) is 22.3 Å². The average Bonchev–Trinajstić information content (AvgIpc) is 3.01. The summed E-state index contributed by atoms with van der Waals surface area (Å²) >= 11 is 3.46. The van der Waals surface area contributed by atoms with Crippen LogP contribution in [0.2, 0.25) is 0 Å². The van der Waals surface area contributed by atoms with Crippen molar-refractivity contribution in [2.45, 2.75) is 0 Å². The summed E-state index contributed by atoms with van der Waals surface area (Å²) in [5, 5.41) is 0.748. The van der Waals surface area contributed by atoms with Crippen LogP contribution < -0.4 is 4.74 Å². The minimum atomic E-state index is -0.416. The molecule has 3 aromatic carbocycles. The van der Waals surface area contributed by atoms with Crippen molar-refractivity contribution in [3.8, 4) is 17.1 Å². The molecule has 0 aliphatic heterocycles. The summed E-state index contributed by atoms with van der Waals surface area (Å²) in [4.78, 5) is 12.5. The molecular weight excluding hydrogens is 380 g/mol. The third kappa shape index (κ3) is 3.08. The molecule has 0 aliphatic rings. The van der Waals surface area contributed by atoms with Crippen LogP contribution >= 0.6 is 15.9 Å². The lowest BCUT2D eigenvalue weighted by Gasteiger charge is -2.05. The Bertz CT molecular complexity index is 1040. The smallest absolute Gasteiger partial charge is 0.343 e. The van der Waals surface area contributed by atoms with E-state index in [2.05, 4.69) is 15.9 Å². The second-order valence-electron chi connectivity index (χ2n) is 5.52. The highest BCUT2D eigenvalue weighted by Gasteiger charge is 2.21. The third-order valence-corrected chi connectivity index (χ3v) is 4.34. The normalized spacial score (nSPS) is 10.8. The number of rotatable bonds is 3. The number of fused-ring (bicyclic) bond motifs is 1. The molecule has 0 N–H and O–H groups in total. The topological polar surface area (TPSA) is 39.4 Å². The van der Waals surface area contributed by atoms with Crippen LogP contribution in [0.3, 0.4) is 0 Å². The molecule has 0 amide bonds. The maximum atomic E-state index is 12.5. The molecule has 0 saturated carbocycles. The van der Waals surface area contributed by atoms with Crippen LogP contribution in [0, 0.1) is 0 Å². The van der Waals surface area contributed by atoms with Crippen LogP contribution in [0.4, 0.5) is 0 Å². The van der Waals surface area contributed by atoms with Crippen LogP contribution in [0.5, 0.6) is 5.75 Å². The first-order valence-electron chi connectivity index (χ1n) is 7.77. The number of hydrogen-bond acceptors (Lipinski definition) is 3. The Labute approximate surface area is 153 Å². The number of halogens is 1. The van der Waals surface area contributed by atoms with E-state index in [1.807, 2.05) is 54.6 Å². The van der Waals surface area contributed by atoms with E-state index in [1.165, 1.54) is 0 Å². The van der Waals surface area contributed by atoms with Crippen LogP contribution in [-0.2, 0) is 0 Å². The van der Waals surface area contributed by atoms with E-state index in [0.717, 1.165) is 15.4 Å². The van der Waals surface area contributed by atoms with Gasteiger partial charge in [-0.1, -0.05) is 64.5 Å². The molecule has 4 aromatic rings. The number of esters is 1. The number of benzene rings is 3. The first-order chi connectivity index (χ1) is 12.2. The number of carbonyl (C=O) groups excluding carboxylic acids is 1. The van der Waals surface area contributed by atoms with Gasteiger partial charge in [0, 0.05) is 10.0 Å². The average molecular weight is 393 g/mol. The Balaban J connectivity index is 1.85. The van der Waals surface area contributed by atoms with Gasteiger partial charge in [0.15, 0.2) is 11.5 Å². The molecule has 3 nitrogen and oxygen atoms in total. The highest BCUT2D eigenvalue weighted by Crippen LogP contribution is 2.41. The molecule has 0 aliphatic carbocycles. The summed E-state index contributed by atoms with van der Waals surface area (Å²) in [6, 6.07) is 24.2. The fourth-order valence-electron chi connectivity index (χ4n) is 2.65. The quantitative estimate of drug-likeness (QED) is 0.396. The fraction of sp³-hybridized carbons (Fsp3) is 0. The molecule has 25 heavy (non-hydrogen) atoms. The minimum absolute atomic E-state index is 0.416. The summed E-state index contributed by atoms with van der Waals surface area (Å²) in [6.07, 6.45) is 0. The van der Waals surface area contributed by atoms with Gasteiger partial charge in [0.25, 0.3) is 0 Å². The zero-order valence-corrected chi connectivity index (χ0v) is 14.7. The predicted molar refractivity (Wildman–Crippen MR) is 101 cm³/mol. The van der Waals surface area contributed by atoms with Gasteiger partial charge in [-0.15, -0.1) is 0 Å². The summed E-state index contributed by atoms with van der Waals surface area (Å²) in [6.45, 7) is 0. The predicted octanol–water partition coefficient (Wildman–Crippen LogP) is 6.08. The highest BCUT2D eigenvalue weighted by atomic mass is 79.9. The van der Waals surface area contributed by atoms with E-state index in [9.17, 15) is 4.79 Å². The van der Waals surface area contributed by atoms with Gasteiger partial charge in [0.1, 0.15) is 5.58 Å². The standard InChI is InChI=1S/C21H13BrO3/c22-16-11-12-18-17(13-16)20(19(24-18)14-7-3-1-4-8-14)25-21(23)15-9-5-2-6-10-15/h1-13H. The van der Waals surface area contributed by atoms with Crippen molar-refractivity contribution >= 4 is 32.9 Å². The maximum Gasteiger partial charge on any atom is 0.343 e. The van der Waals surface area contributed by atoms with Crippen molar-refractivity contribution in [3.05, 3.63) is 88.9 Å². The molecule has 4 rings (SSSR count). The van der Waals surface area contributed by atoms with Crippen molar-refractivity contribution in [1.29, 1.82) is 0 Å². The van der Waals surface area contributed by atoms with Gasteiger partial charge in [0.05, 0.1) is 10.9 Å². The van der Waals surface area contributed by atoms with E-state index >= 15 is 0 Å². The summed E-state index contributed by atoms with van der Waals surface area (Å²) < 4.78 is 12.6. The Kier molecular flexibility index (Phi) is 4.12. The highest BCUT2D eigenvalue weighted by molar-refractivity contribution is 9.10. The van der Waals surface area contributed by atoms with Crippen LogP contribution in [0.1, 0.15) is 10.4 Å². The van der Waals surface area contributed by atoms with Crippen LogP contribution in [-0.4, -0.2) is 5.97 Å². The minimum Gasteiger partial charge on any atom is -0.452 e. The molecule has 0 saturated heterocycles. The molecule has 1 aromatic heterocycles. The molecule has 4 heteroatoms. The second kappa shape index (κ2) is 6.57. The number of ether oxygens (including phenoxy) is 1. The van der Waals surface area contributed by atoms with Gasteiger partial charge >= 0.3 is 5.97 Å². The van der Waals surface area contributed by atoms with E-state index in [0.29, 0.717) is 22.7 Å². The number of hydrogen-bond donors (Lipinski definition) is 0. The van der Waals surface area contributed by atoms with E-state index < -0.39 is 5.97 Å². The first-order valence-corrected chi connectivity index (χ1v) is 8.56. The lowest BCUT2D eigenvalue weighted by atomic mass is 10.1. The molecule has 0 radical (unpaired) electrons. The molecule has 122 valence electrons. The second-order valence-corrected chi connectivity index (χ2v) is 6.44. The van der Waals surface area contributed by atoms with Crippen molar-refractivity contribution < 1.29 is 13.9 Å². The SMILES string of the molecule is O=C(Oc1c(-c2ccccc2)oc2ccc(Br)cc12)c1ccccc1. The summed E-state index contributed by atoms with van der Waals surface area (Å²) in [5.41, 5.74) is 2.01. The van der Waals surface area contributed by atoms with Gasteiger partial charge in [-0.25, -0.2) is 4.79 Å². The van der Waals surface area contributed by atoms with Crippen molar-refractivity contribution in [2.75, 3.05) is 0 Å². The van der Waals surface area contributed by atoms with Crippen molar-refractivity contribution in [2.24, 2.45) is 0 Å². The van der Waals surface area contributed by atoms with E-state index in [1.54, 1.807) is 24.3 Å². The summed E-state index contributed by atoms with van der Waals surface area (Å²) in [7, 11) is 0. The van der Waals surface area contributed by atoms with Crippen molar-refractivity contribution in [3.63, 3.8) is 0 Å². The Morgan fingerprint density at radius 2 is 1.56 bits per heavy atom. The van der Waals surface area contributed by atoms with E-state index in [-0.39, 0.29) is 0 Å². The van der Waals surface area contributed by atoms with Gasteiger partial charge < -0.3 is 9.15 Å². The van der Waals surface area contributed by atoms with Gasteiger partial charge in [-0.2, -0.15) is 0 Å². The molecule has 0 spiro atoms. The molecule has 0 atom stereocenters. The van der Waals surface area contributed by atoms with E-state index in [4.69, 9.17) is 9.15 Å². The first kappa shape index (κ1) is 15.7. The lowest BCUT2D eigenvalue weighted by Crippen LogP contribution is -2.08. The van der Waals surface area contributed by atoms with Crippen LogP contribution in [0.15, 0.2) is 87.8 Å². The van der Waals surface area contributed by atoms with Gasteiger partial charge in [-0.3, -0.25) is 0 Å². The number of furan rings is 1. The fourth-order valence-corrected chi connectivity index (χ4v) is 3.02. The maximum absolute atomic E-state index is 12.5.